The maximum atomic E-state index is 5.49. The Morgan fingerprint density at radius 2 is 1.88 bits per heavy atom. The highest BCUT2D eigenvalue weighted by atomic mass is 16.5. The first-order chi connectivity index (χ1) is 7.58. The van der Waals surface area contributed by atoms with Crippen LogP contribution in [-0.4, -0.2) is 29.2 Å². The van der Waals surface area contributed by atoms with Crippen molar-refractivity contribution in [2.45, 2.75) is 40.2 Å². The number of ether oxygens (including phenoxy) is 1. The maximum absolute atomic E-state index is 5.49. The number of aromatic nitrogens is 2. The van der Waals surface area contributed by atoms with Gasteiger partial charge in [-0.2, -0.15) is 0 Å². The molecule has 0 bridgehead atoms. The van der Waals surface area contributed by atoms with E-state index < -0.39 is 0 Å². The molecular weight excluding hydrogens is 202 g/mol. The van der Waals surface area contributed by atoms with Crippen LogP contribution >= 0.6 is 0 Å². The lowest BCUT2D eigenvalue weighted by molar-refractivity contribution is 0.282. The first-order valence-electron chi connectivity index (χ1n) is 5.76. The highest BCUT2D eigenvalue weighted by Gasteiger charge is 2.00. The highest BCUT2D eigenvalue weighted by molar-refractivity contribution is 5.10. The second kappa shape index (κ2) is 6.43. The monoisotopic (exact) mass is 223 g/mol. The Hall–Kier alpha value is -1.16. The molecule has 0 saturated carbocycles. The molecule has 0 saturated heterocycles. The molecule has 0 aliphatic rings. The average molecular weight is 223 g/mol. The Kier molecular flexibility index (Phi) is 5.19. The Bertz CT molecular complexity index is 306. The molecular formula is C12H21N3O. The van der Waals surface area contributed by atoms with Crippen LogP contribution in [0.15, 0.2) is 6.07 Å². The van der Waals surface area contributed by atoms with Crippen molar-refractivity contribution in [2.24, 2.45) is 0 Å². The van der Waals surface area contributed by atoms with E-state index in [4.69, 9.17) is 4.74 Å². The highest BCUT2D eigenvalue weighted by Crippen LogP contribution is 2.05. The van der Waals surface area contributed by atoms with Gasteiger partial charge in [0.2, 0.25) is 0 Å². The Balaban J connectivity index is 2.26. The molecule has 0 aliphatic heterocycles. The molecule has 0 atom stereocenters. The fourth-order valence-electron chi connectivity index (χ4n) is 1.38. The summed E-state index contributed by atoms with van der Waals surface area (Å²) >= 11 is 0. The predicted octanol–water partition coefficient (Wildman–Crippen LogP) is 1.86. The Morgan fingerprint density at radius 1 is 1.25 bits per heavy atom. The van der Waals surface area contributed by atoms with Gasteiger partial charge < -0.3 is 10.1 Å². The molecule has 16 heavy (non-hydrogen) atoms. The lowest BCUT2D eigenvalue weighted by Crippen LogP contribution is -2.24. The van der Waals surface area contributed by atoms with Gasteiger partial charge in [0.15, 0.2) is 0 Å². The van der Waals surface area contributed by atoms with Crippen LogP contribution in [-0.2, 0) is 0 Å². The van der Waals surface area contributed by atoms with Gasteiger partial charge in [-0.25, -0.2) is 9.97 Å². The average Bonchev–Trinajstić information content (AvgIpc) is 2.15. The third-order valence-electron chi connectivity index (χ3n) is 2.07. The number of rotatable bonds is 6. The van der Waals surface area contributed by atoms with Crippen LogP contribution in [0, 0.1) is 13.8 Å². The molecule has 1 rings (SSSR count). The quantitative estimate of drug-likeness (QED) is 0.748. The Labute approximate surface area is 97.5 Å². The number of hydrogen-bond acceptors (Lipinski definition) is 4. The number of aryl methyl sites for hydroxylation is 2. The number of nitrogens with one attached hydrogen (secondary N) is 1. The van der Waals surface area contributed by atoms with Crippen molar-refractivity contribution < 1.29 is 4.74 Å². The second-order valence-corrected chi connectivity index (χ2v) is 4.24. The van der Waals surface area contributed by atoms with Crippen molar-refractivity contribution >= 4 is 0 Å². The van der Waals surface area contributed by atoms with Crippen LogP contribution in [0.2, 0.25) is 0 Å². The summed E-state index contributed by atoms with van der Waals surface area (Å²) < 4.78 is 5.49. The fraction of sp³-hybridized carbons (Fsp3) is 0.667. The van der Waals surface area contributed by atoms with Crippen LogP contribution in [0.5, 0.6) is 6.01 Å². The molecule has 0 aromatic carbocycles. The zero-order valence-electron chi connectivity index (χ0n) is 10.6. The summed E-state index contributed by atoms with van der Waals surface area (Å²) in [5, 5.41) is 3.33. The molecule has 0 unspecified atom stereocenters. The number of hydrogen-bond donors (Lipinski definition) is 1. The molecule has 0 aliphatic carbocycles. The summed E-state index contributed by atoms with van der Waals surface area (Å²) in [6, 6.07) is 2.95. The normalized spacial score (nSPS) is 10.8. The van der Waals surface area contributed by atoms with E-state index in [1.54, 1.807) is 0 Å². The third kappa shape index (κ3) is 5.07. The molecule has 0 fully saturated rings. The van der Waals surface area contributed by atoms with Crippen molar-refractivity contribution in [2.75, 3.05) is 13.2 Å². The topological polar surface area (TPSA) is 47.0 Å². The van der Waals surface area contributed by atoms with Gasteiger partial charge in [0.05, 0.1) is 6.61 Å². The summed E-state index contributed by atoms with van der Waals surface area (Å²) in [5.74, 6) is 0. The minimum Gasteiger partial charge on any atom is -0.463 e. The summed E-state index contributed by atoms with van der Waals surface area (Å²) in [6.07, 6.45) is 0.967. The zero-order valence-corrected chi connectivity index (χ0v) is 10.6. The third-order valence-corrected chi connectivity index (χ3v) is 2.07. The fourth-order valence-corrected chi connectivity index (χ4v) is 1.38. The van der Waals surface area contributed by atoms with Gasteiger partial charge in [0.1, 0.15) is 0 Å². The molecule has 0 amide bonds. The summed E-state index contributed by atoms with van der Waals surface area (Å²) in [4.78, 5) is 8.43. The minimum atomic E-state index is 0.488. The second-order valence-electron chi connectivity index (χ2n) is 4.24. The van der Waals surface area contributed by atoms with Crippen LogP contribution in [0.3, 0.4) is 0 Å². The molecule has 1 aromatic rings. The van der Waals surface area contributed by atoms with E-state index in [-0.39, 0.29) is 0 Å². The van der Waals surface area contributed by atoms with E-state index in [9.17, 15) is 0 Å². The van der Waals surface area contributed by atoms with Gasteiger partial charge >= 0.3 is 6.01 Å². The zero-order chi connectivity index (χ0) is 12.0. The Morgan fingerprint density at radius 3 is 2.44 bits per heavy atom. The van der Waals surface area contributed by atoms with Crippen LogP contribution in [0.1, 0.15) is 31.7 Å². The van der Waals surface area contributed by atoms with Gasteiger partial charge in [0, 0.05) is 17.4 Å². The van der Waals surface area contributed by atoms with Gasteiger partial charge in [-0.1, -0.05) is 13.8 Å². The maximum Gasteiger partial charge on any atom is 0.316 e. The lowest BCUT2D eigenvalue weighted by Gasteiger charge is -2.08. The molecule has 4 heteroatoms. The smallest absolute Gasteiger partial charge is 0.316 e. The first-order valence-corrected chi connectivity index (χ1v) is 5.76. The van der Waals surface area contributed by atoms with Crippen LogP contribution < -0.4 is 10.1 Å². The molecule has 0 radical (unpaired) electrons. The predicted molar refractivity (Wildman–Crippen MR) is 64.8 cm³/mol. The van der Waals surface area contributed by atoms with Crippen molar-refractivity contribution in [1.29, 1.82) is 0 Å². The van der Waals surface area contributed by atoms with E-state index in [0.29, 0.717) is 18.7 Å². The molecule has 0 spiro atoms. The SMILES string of the molecule is Cc1cc(C)nc(OCCCNC(C)C)n1. The molecule has 4 nitrogen and oxygen atoms in total. The van der Waals surface area contributed by atoms with Gasteiger partial charge in [-0.05, 0) is 32.9 Å². The summed E-state index contributed by atoms with van der Waals surface area (Å²) in [6.45, 7) is 9.77. The van der Waals surface area contributed by atoms with Crippen molar-refractivity contribution in [3.05, 3.63) is 17.5 Å². The molecule has 1 N–H and O–H groups in total. The van der Waals surface area contributed by atoms with E-state index in [2.05, 4.69) is 29.1 Å². The molecule has 90 valence electrons. The van der Waals surface area contributed by atoms with Gasteiger partial charge in [-0.3, -0.25) is 0 Å². The van der Waals surface area contributed by atoms with Crippen LogP contribution in [0.4, 0.5) is 0 Å². The minimum absolute atomic E-state index is 0.488. The summed E-state index contributed by atoms with van der Waals surface area (Å²) in [5.41, 5.74) is 1.89. The largest absolute Gasteiger partial charge is 0.463 e. The van der Waals surface area contributed by atoms with E-state index >= 15 is 0 Å². The molecule has 1 heterocycles. The van der Waals surface area contributed by atoms with E-state index in [0.717, 1.165) is 24.4 Å². The van der Waals surface area contributed by atoms with Crippen molar-refractivity contribution in [3.8, 4) is 6.01 Å². The molecule has 1 aromatic heterocycles. The van der Waals surface area contributed by atoms with Crippen molar-refractivity contribution in [1.82, 2.24) is 15.3 Å². The van der Waals surface area contributed by atoms with Crippen molar-refractivity contribution in [3.63, 3.8) is 0 Å². The van der Waals surface area contributed by atoms with Gasteiger partial charge in [0.25, 0.3) is 0 Å². The van der Waals surface area contributed by atoms with E-state index in [1.165, 1.54) is 0 Å². The standard InChI is InChI=1S/C12H21N3O/c1-9(2)13-6-5-7-16-12-14-10(3)8-11(4)15-12/h8-9,13H,5-7H2,1-4H3. The van der Waals surface area contributed by atoms with Gasteiger partial charge in [-0.15, -0.1) is 0 Å². The summed E-state index contributed by atoms with van der Waals surface area (Å²) in [7, 11) is 0. The lowest BCUT2D eigenvalue weighted by atomic mass is 10.3. The number of nitrogens with zero attached hydrogens (tertiary/aromatic N) is 2. The van der Waals surface area contributed by atoms with E-state index in [1.807, 2.05) is 19.9 Å². The first kappa shape index (κ1) is 12.9. The van der Waals surface area contributed by atoms with Crippen LogP contribution in [0.25, 0.3) is 0 Å².